The molecule has 2 N–H and O–H groups in total. The quantitative estimate of drug-likeness (QED) is 0.580. The van der Waals surface area contributed by atoms with Crippen LogP contribution in [0.15, 0.2) is 23.7 Å². The number of carbonyl (C=O) groups is 1. The number of thiazole rings is 1. The number of aryl methyl sites for hydroxylation is 3. The van der Waals surface area contributed by atoms with Gasteiger partial charge in [0.05, 0.1) is 0 Å². The van der Waals surface area contributed by atoms with E-state index in [1.165, 1.54) is 17.5 Å². The normalized spacial score (nSPS) is 12.2. The molecule has 0 aliphatic rings. The van der Waals surface area contributed by atoms with Gasteiger partial charge in [-0.2, -0.15) is 5.26 Å². The van der Waals surface area contributed by atoms with Crippen LogP contribution in [0.1, 0.15) is 28.8 Å². The van der Waals surface area contributed by atoms with Crippen molar-refractivity contribution in [2.75, 3.05) is 0 Å². The van der Waals surface area contributed by atoms with Crippen molar-refractivity contribution < 1.29 is 9.53 Å². The van der Waals surface area contributed by atoms with Crippen molar-refractivity contribution in [2.45, 2.75) is 33.8 Å². The Morgan fingerprint density at radius 3 is 2.58 bits per heavy atom. The summed E-state index contributed by atoms with van der Waals surface area (Å²) in [7, 11) is 0. The van der Waals surface area contributed by atoms with E-state index in [0.29, 0.717) is 21.4 Å². The summed E-state index contributed by atoms with van der Waals surface area (Å²) in [6.45, 7) is 7.23. The average Bonchev–Trinajstić information content (AvgIpc) is 3.00. The van der Waals surface area contributed by atoms with Gasteiger partial charge in [-0.25, -0.2) is 4.98 Å². The van der Waals surface area contributed by atoms with Crippen molar-refractivity contribution in [1.29, 1.82) is 5.26 Å². The second-order valence-corrected chi connectivity index (χ2v) is 7.02. The van der Waals surface area contributed by atoms with Gasteiger partial charge in [-0.05, 0) is 51.0 Å². The number of benzene rings is 1. The van der Waals surface area contributed by atoms with E-state index >= 15 is 0 Å². The van der Waals surface area contributed by atoms with E-state index in [9.17, 15) is 10.1 Å². The van der Waals surface area contributed by atoms with Gasteiger partial charge in [-0.3, -0.25) is 10.2 Å². The topological polar surface area (TPSA) is 87.0 Å². The number of hydrazine groups is 1. The third-order valence-corrected chi connectivity index (χ3v) is 4.68. The smallest absolute Gasteiger partial charge is 0.279 e. The van der Waals surface area contributed by atoms with Gasteiger partial charge in [0, 0.05) is 22.3 Å². The molecule has 136 valence electrons. The zero-order chi connectivity index (χ0) is 19.3. The number of ether oxygens (including phenoxy) is 1. The maximum atomic E-state index is 12.2. The fourth-order valence-corrected chi connectivity index (χ4v) is 3.30. The number of allylic oxidation sites excluding steroid dienone is 1. The predicted molar refractivity (Wildman–Crippen MR) is 103 cm³/mol. The number of carbonyl (C=O) groups excluding carboxylic acids is 1. The van der Waals surface area contributed by atoms with Gasteiger partial charge < -0.3 is 10.2 Å². The number of amides is 1. The van der Waals surface area contributed by atoms with E-state index in [4.69, 9.17) is 16.3 Å². The van der Waals surface area contributed by atoms with E-state index in [0.717, 1.165) is 16.8 Å². The van der Waals surface area contributed by atoms with Gasteiger partial charge in [0.25, 0.3) is 5.91 Å². The van der Waals surface area contributed by atoms with Gasteiger partial charge in [0.2, 0.25) is 0 Å². The molecule has 1 aromatic carbocycles. The second kappa shape index (κ2) is 8.70. The zero-order valence-corrected chi connectivity index (χ0v) is 16.5. The highest BCUT2D eigenvalue weighted by Crippen LogP contribution is 2.27. The van der Waals surface area contributed by atoms with Crippen LogP contribution in [0.25, 0.3) is 5.57 Å². The van der Waals surface area contributed by atoms with Crippen LogP contribution in [0.2, 0.25) is 5.02 Å². The van der Waals surface area contributed by atoms with Crippen LogP contribution in [-0.4, -0.2) is 17.0 Å². The Morgan fingerprint density at radius 2 is 2.04 bits per heavy atom. The van der Waals surface area contributed by atoms with Crippen molar-refractivity contribution in [3.8, 4) is 11.8 Å². The maximum Gasteiger partial charge on any atom is 0.279 e. The van der Waals surface area contributed by atoms with E-state index in [-0.39, 0.29) is 5.91 Å². The first kappa shape index (κ1) is 19.8. The standard InChI is InChI=1S/C18H19ClN4O2S/c1-10-5-15(19)6-11(2)16(10)25-13(4)17(24)23-21-8-14(7-20)18-22-12(3)9-26-18/h5-6,8-9,13,21H,1-4H3,(H,23,24)/b14-8+/t13-/m1/s1. The molecule has 26 heavy (non-hydrogen) atoms. The van der Waals surface area contributed by atoms with Crippen molar-refractivity contribution in [3.63, 3.8) is 0 Å². The molecule has 0 aliphatic heterocycles. The fourth-order valence-electron chi connectivity index (χ4n) is 2.21. The van der Waals surface area contributed by atoms with Crippen LogP contribution in [0, 0.1) is 32.1 Å². The van der Waals surface area contributed by atoms with Gasteiger partial charge in [0.1, 0.15) is 22.4 Å². The van der Waals surface area contributed by atoms with Gasteiger partial charge in [-0.15, -0.1) is 11.3 Å². The molecular weight excluding hydrogens is 372 g/mol. The van der Waals surface area contributed by atoms with Crippen LogP contribution in [0.3, 0.4) is 0 Å². The number of halogens is 1. The van der Waals surface area contributed by atoms with E-state index in [1.54, 1.807) is 19.1 Å². The predicted octanol–water partition coefficient (Wildman–Crippen LogP) is 3.67. The molecule has 0 fully saturated rings. The molecule has 8 heteroatoms. The number of hydrogen-bond donors (Lipinski definition) is 2. The minimum Gasteiger partial charge on any atom is -0.480 e. The number of nitriles is 1. The van der Waals surface area contributed by atoms with Crippen molar-refractivity contribution in [3.05, 3.63) is 50.6 Å². The lowest BCUT2D eigenvalue weighted by Crippen LogP contribution is -2.42. The summed E-state index contributed by atoms with van der Waals surface area (Å²) in [5.74, 6) is 0.256. The monoisotopic (exact) mass is 390 g/mol. The van der Waals surface area contributed by atoms with E-state index in [2.05, 4.69) is 15.8 Å². The summed E-state index contributed by atoms with van der Waals surface area (Å²) in [6, 6.07) is 5.61. The van der Waals surface area contributed by atoms with Crippen LogP contribution < -0.4 is 15.6 Å². The molecule has 1 amide bonds. The molecule has 0 spiro atoms. The number of hydrogen-bond acceptors (Lipinski definition) is 6. The fraction of sp³-hybridized carbons (Fsp3) is 0.278. The van der Waals surface area contributed by atoms with Crippen molar-refractivity contribution >= 4 is 34.4 Å². The molecular formula is C18H19ClN4O2S. The third kappa shape index (κ3) is 4.97. The molecule has 2 aromatic rings. The Kier molecular flexibility index (Phi) is 6.61. The molecule has 1 heterocycles. The minimum absolute atomic E-state index is 0.335. The van der Waals surface area contributed by atoms with E-state index < -0.39 is 6.10 Å². The Labute approximate surface area is 161 Å². The zero-order valence-electron chi connectivity index (χ0n) is 14.9. The lowest BCUT2D eigenvalue weighted by atomic mass is 10.1. The highest BCUT2D eigenvalue weighted by molar-refractivity contribution is 7.10. The molecule has 6 nitrogen and oxygen atoms in total. The molecule has 0 radical (unpaired) electrons. The molecule has 0 unspecified atom stereocenters. The van der Waals surface area contributed by atoms with Crippen LogP contribution in [-0.2, 0) is 4.79 Å². The van der Waals surface area contributed by atoms with Gasteiger partial charge in [0.15, 0.2) is 6.10 Å². The lowest BCUT2D eigenvalue weighted by Gasteiger charge is -2.18. The van der Waals surface area contributed by atoms with Gasteiger partial charge in [-0.1, -0.05) is 11.6 Å². The number of rotatable bonds is 6. The largest absolute Gasteiger partial charge is 0.480 e. The molecule has 0 saturated carbocycles. The highest BCUT2D eigenvalue weighted by atomic mass is 35.5. The Balaban J connectivity index is 1.97. The lowest BCUT2D eigenvalue weighted by molar-refractivity contribution is -0.128. The summed E-state index contributed by atoms with van der Waals surface area (Å²) in [6.07, 6.45) is 0.670. The Morgan fingerprint density at radius 1 is 1.38 bits per heavy atom. The number of aromatic nitrogens is 1. The summed E-state index contributed by atoms with van der Waals surface area (Å²) in [5.41, 5.74) is 8.02. The molecule has 0 saturated heterocycles. The first-order chi connectivity index (χ1) is 12.3. The highest BCUT2D eigenvalue weighted by Gasteiger charge is 2.17. The summed E-state index contributed by atoms with van der Waals surface area (Å²) in [5, 5.41) is 12.3. The van der Waals surface area contributed by atoms with Crippen LogP contribution in [0.5, 0.6) is 5.75 Å². The average molecular weight is 391 g/mol. The molecule has 1 aromatic heterocycles. The van der Waals surface area contributed by atoms with Gasteiger partial charge >= 0.3 is 0 Å². The molecule has 1 atom stereocenters. The number of nitrogens with one attached hydrogen (secondary N) is 2. The first-order valence-electron chi connectivity index (χ1n) is 7.83. The van der Waals surface area contributed by atoms with Crippen molar-refractivity contribution in [1.82, 2.24) is 15.8 Å². The van der Waals surface area contributed by atoms with Crippen LogP contribution in [0.4, 0.5) is 0 Å². The first-order valence-corrected chi connectivity index (χ1v) is 9.09. The Bertz CT molecular complexity index is 863. The minimum atomic E-state index is -0.734. The summed E-state index contributed by atoms with van der Waals surface area (Å²) >= 11 is 7.37. The summed E-state index contributed by atoms with van der Waals surface area (Å²) < 4.78 is 5.76. The number of nitrogens with zero attached hydrogens (tertiary/aromatic N) is 2. The molecule has 0 aliphatic carbocycles. The molecule has 0 bridgehead atoms. The van der Waals surface area contributed by atoms with Crippen molar-refractivity contribution in [2.24, 2.45) is 0 Å². The SMILES string of the molecule is Cc1csc(/C(C#N)=C/NNC(=O)[C@@H](C)Oc2c(C)cc(Cl)cc2C)n1. The van der Waals surface area contributed by atoms with Crippen LogP contribution >= 0.6 is 22.9 Å². The van der Waals surface area contributed by atoms with E-state index in [1.807, 2.05) is 32.2 Å². The Hall–Kier alpha value is -2.56. The maximum absolute atomic E-state index is 12.2. The molecule has 2 rings (SSSR count). The third-order valence-electron chi connectivity index (χ3n) is 3.47. The second-order valence-electron chi connectivity index (χ2n) is 5.73. The summed E-state index contributed by atoms with van der Waals surface area (Å²) in [4.78, 5) is 16.4.